The summed E-state index contributed by atoms with van der Waals surface area (Å²) in [5.74, 6) is 0. The van der Waals surface area contributed by atoms with Crippen LogP contribution in [0.1, 0.15) is 11.1 Å². The first-order valence-corrected chi connectivity index (χ1v) is 5.90. The van der Waals surface area contributed by atoms with Crippen molar-refractivity contribution in [3.63, 3.8) is 0 Å². The zero-order chi connectivity index (χ0) is 11.9. The molecule has 2 aromatic rings. The molecule has 2 aromatic carbocycles. The summed E-state index contributed by atoms with van der Waals surface area (Å²) in [4.78, 5) is 0. The highest BCUT2D eigenvalue weighted by atomic mass is 15.2. The van der Waals surface area contributed by atoms with Crippen LogP contribution in [-0.2, 0) is 5.66 Å². The molecule has 3 rings (SSSR count). The molecule has 0 radical (unpaired) electrons. The third-order valence-corrected chi connectivity index (χ3v) is 3.70. The third-order valence-electron chi connectivity index (χ3n) is 3.70. The number of hydrogen-bond acceptors (Lipinski definition) is 2. The van der Waals surface area contributed by atoms with Crippen LogP contribution < -0.4 is 10.6 Å². The van der Waals surface area contributed by atoms with Gasteiger partial charge in [0, 0.05) is 0 Å². The Labute approximate surface area is 102 Å². The van der Waals surface area contributed by atoms with E-state index in [1.807, 2.05) is 14.1 Å². The van der Waals surface area contributed by atoms with E-state index in [-0.39, 0.29) is 5.66 Å². The Morgan fingerprint density at radius 2 is 1.12 bits per heavy atom. The number of hydrogen-bond donors (Lipinski definition) is 2. The topological polar surface area (TPSA) is 24.1 Å². The molecule has 0 heterocycles. The number of fused-ring (bicyclic) bond motifs is 3. The molecule has 2 nitrogen and oxygen atoms in total. The van der Waals surface area contributed by atoms with Gasteiger partial charge >= 0.3 is 0 Å². The van der Waals surface area contributed by atoms with Crippen LogP contribution in [0.2, 0.25) is 0 Å². The zero-order valence-corrected chi connectivity index (χ0v) is 10.1. The van der Waals surface area contributed by atoms with E-state index in [1.165, 1.54) is 22.3 Å². The van der Waals surface area contributed by atoms with Gasteiger partial charge in [-0.15, -0.1) is 0 Å². The van der Waals surface area contributed by atoms with Crippen molar-refractivity contribution in [2.45, 2.75) is 5.66 Å². The fourth-order valence-corrected chi connectivity index (χ4v) is 2.90. The van der Waals surface area contributed by atoms with Crippen molar-refractivity contribution in [1.29, 1.82) is 0 Å². The van der Waals surface area contributed by atoms with E-state index in [9.17, 15) is 0 Å². The molecule has 1 aliphatic carbocycles. The van der Waals surface area contributed by atoms with Crippen molar-refractivity contribution in [3.05, 3.63) is 59.7 Å². The van der Waals surface area contributed by atoms with Crippen LogP contribution in [0.25, 0.3) is 11.1 Å². The Balaban J connectivity index is 2.38. The second-order valence-corrected chi connectivity index (χ2v) is 4.34. The SMILES string of the molecule is CNC1(NC)c2ccccc2-c2ccccc21. The molecule has 2 N–H and O–H groups in total. The summed E-state index contributed by atoms with van der Waals surface area (Å²) in [5.41, 5.74) is 4.96. The smallest absolute Gasteiger partial charge is 0.122 e. The molecule has 0 unspecified atom stereocenters. The van der Waals surface area contributed by atoms with Crippen molar-refractivity contribution in [1.82, 2.24) is 10.6 Å². The summed E-state index contributed by atoms with van der Waals surface area (Å²) in [6, 6.07) is 17.1. The monoisotopic (exact) mass is 224 g/mol. The Kier molecular flexibility index (Phi) is 2.28. The number of benzene rings is 2. The van der Waals surface area contributed by atoms with Crippen molar-refractivity contribution in [3.8, 4) is 11.1 Å². The first-order chi connectivity index (χ1) is 8.33. The van der Waals surface area contributed by atoms with Gasteiger partial charge < -0.3 is 0 Å². The highest BCUT2D eigenvalue weighted by molar-refractivity contribution is 5.80. The van der Waals surface area contributed by atoms with Gasteiger partial charge in [-0.2, -0.15) is 0 Å². The van der Waals surface area contributed by atoms with Crippen LogP contribution in [0.15, 0.2) is 48.5 Å². The first kappa shape index (κ1) is 10.5. The normalized spacial score (nSPS) is 15.4. The van der Waals surface area contributed by atoms with Crippen LogP contribution in [0.5, 0.6) is 0 Å². The molecule has 0 aliphatic heterocycles. The highest BCUT2D eigenvalue weighted by Crippen LogP contribution is 2.45. The quantitative estimate of drug-likeness (QED) is 0.765. The van der Waals surface area contributed by atoms with Crippen molar-refractivity contribution < 1.29 is 0 Å². The average molecular weight is 224 g/mol. The molecule has 0 saturated carbocycles. The summed E-state index contributed by atoms with van der Waals surface area (Å²) in [6.07, 6.45) is 0. The lowest BCUT2D eigenvalue weighted by Gasteiger charge is -2.31. The van der Waals surface area contributed by atoms with Crippen LogP contribution in [0.4, 0.5) is 0 Å². The maximum Gasteiger partial charge on any atom is 0.122 e. The first-order valence-electron chi connectivity index (χ1n) is 5.90. The molecule has 0 saturated heterocycles. The van der Waals surface area contributed by atoms with Crippen molar-refractivity contribution in [2.75, 3.05) is 14.1 Å². The largest absolute Gasteiger partial charge is 0.295 e. The molecule has 1 aliphatic rings. The molecule has 0 atom stereocenters. The maximum atomic E-state index is 3.43. The van der Waals surface area contributed by atoms with Gasteiger partial charge in [-0.1, -0.05) is 48.5 Å². The Bertz CT molecular complexity index is 509. The highest BCUT2D eigenvalue weighted by Gasteiger charge is 2.40. The standard InChI is InChI=1S/C15H16N2/c1-16-15(17-2)13-9-5-3-7-11(13)12-8-4-6-10-14(12)15/h3-10,16-17H,1-2H3. The molecular formula is C15H16N2. The summed E-state index contributed by atoms with van der Waals surface area (Å²) < 4.78 is 0. The predicted octanol–water partition coefficient (Wildman–Crippen LogP) is 2.31. The molecule has 0 aromatic heterocycles. The fraction of sp³-hybridized carbons (Fsp3) is 0.200. The second kappa shape index (κ2) is 3.69. The van der Waals surface area contributed by atoms with Crippen molar-refractivity contribution >= 4 is 0 Å². The molecule has 0 spiro atoms. The minimum Gasteiger partial charge on any atom is -0.295 e. The lowest BCUT2D eigenvalue weighted by molar-refractivity contribution is 0.383. The molecular weight excluding hydrogens is 208 g/mol. The van der Waals surface area contributed by atoms with E-state index in [4.69, 9.17) is 0 Å². The minimum atomic E-state index is -0.257. The molecule has 0 bridgehead atoms. The summed E-state index contributed by atoms with van der Waals surface area (Å²) in [7, 11) is 3.99. The Morgan fingerprint density at radius 1 is 0.706 bits per heavy atom. The fourth-order valence-electron chi connectivity index (χ4n) is 2.90. The van der Waals surface area contributed by atoms with E-state index >= 15 is 0 Å². The summed E-state index contributed by atoms with van der Waals surface area (Å²) >= 11 is 0. The predicted molar refractivity (Wildman–Crippen MR) is 70.8 cm³/mol. The van der Waals surface area contributed by atoms with E-state index in [2.05, 4.69) is 59.2 Å². The summed E-state index contributed by atoms with van der Waals surface area (Å²) in [5, 5.41) is 6.86. The minimum absolute atomic E-state index is 0.257. The van der Waals surface area contributed by atoms with E-state index in [0.29, 0.717) is 0 Å². The van der Waals surface area contributed by atoms with Gasteiger partial charge in [0.2, 0.25) is 0 Å². The second-order valence-electron chi connectivity index (χ2n) is 4.34. The van der Waals surface area contributed by atoms with Gasteiger partial charge in [0.05, 0.1) is 0 Å². The molecule has 0 fully saturated rings. The molecule has 0 amide bonds. The summed E-state index contributed by atoms with van der Waals surface area (Å²) in [6.45, 7) is 0. The van der Waals surface area contributed by atoms with Crippen molar-refractivity contribution in [2.24, 2.45) is 0 Å². The Hall–Kier alpha value is -1.64. The molecule has 17 heavy (non-hydrogen) atoms. The lowest BCUT2D eigenvalue weighted by atomic mass is 9.97. The lowest BCUT2D eigenvalue weighted by Crippen LogP contribution is -2.50. The van der Waals surface area contributed by atoms with Crippen LogP contribution >= 0.6 is 0 Å². The number of rotatable bonds is 2. The molecule has 2 heteroatoms. The van der Waals surface area contributed by atoms with Crippen LogP contribution in [0, 0.1) is 0 Å². The van der Waals surface area contributed by atoms with Crippen LogP contribution in [-0.4, -0.2) is 14.1 Å². The third kappa shape index (κ3) is 1.22. The van der Waals surface area contributed by atoms with E-state index in [1.54, 1.807) is 0 Å². The van der Waals surface area contributed by atoms with Gasteiger partial charge in [-0.3, -0.25) is 10.6 Å². The van der Waals surface area contributed by atoms with Crippen LogP contribution in [0.3, 0.4) is 0 Å². The zero-order valence-electron chi connectivity index (χ0n) is 10.1. The number of nitrogens with one attached hydrogen (secondary N) is 2. The van der Waals surface area contributed by atoms with Gasteiger partial charge in [0.25, 0.3) is 0 Å². The van der Waals surface area contributed by atoms with Gasteiger partial charge in [-0.05, 0) is 36.3 Å². The molecule has 86 valence electrons. The van der Waals surface area contributed by atoms with E-state index < -0.39 is 0 Å². The van der Waals surface area contributed by atoms with Gasteiger partial charge in [-0.25, -0.2) is 0 Å². The Morgan fingerprint density at radius 3 is 1.53 bits per heavy atom. The average Bonchev–Trinajstić information content (AvgIpc) is 2.70. The van der Waals surface area contributed by atoms with Gasteiger partial charge in [0.1, 0.15) is 5.66 Å². The maximum absolute atomic E-state index is 3.43. The van der Waals surface area contributed by atoms with Gasteiger partial charge in [0.15, 0.2) is 0 Å². The van der Waals surface area contributed by atoms with E-state index in [0.717, 1.165) is 0 Å².